The summed E-state index contributed by atoms with van der Waals surface area (Å²) < 4.78 is 53.7. The van der Waals surface area contributed by atoms with E-state index in [2.05, 4.69) is 14.7 Å². The maximum atomic E-state index is 13.0. The fraction of sp³-hybridized carbons (Fsp3) is 0.182. The second kappa shape index (κ2) is 5.20. The van der Waals surface area contributed by atoms with Crippen molar-refractivity contribution in [1.29, 1.82) is 0 Å². The molecule has 4 nitrogen and oxygen atoms in total. The molecule has 0 bridgehead atoms. The Balaban J connectivity index is 2.21. The SMILES string of the molecule is O=C(Cc1nc(-c2ccc(F)c(Cl)c2)no1)C(F)(F)F. The maximum absolute atomic E-state index is 13.0. The summed E-state index contributed by atoms with van der Waals surface area (Å²) in [4.78, 5) is 14.4. The van der Waals surface area contributed by atoms with Gasteiger partial charge in [0.1, 0.15) is 5.82 Å². The van der Waals surface area contributed by atoms with Gasteiger partial charge in [0.15, 0.2) is 0 Å². The Bertz CT molecular complexity index is 654. The Morgan fingerprint density at radius 3 is 2.65 bits per heavy atom. The van der Waals surface area contributed by atoms with E-state index in [1.54, 1.807) is 0 Å². The van der Waals surface area contributed by atoms with Gasteiger partial charge in [-0.3, -0.25) is 4.79 Å². The van der Waals surface area contributed by atoms with Gasteiger partial charge in [-0.25, -0.2) is 4.39 Å². The van der Waals surface area contributed by atoms with Crippen molar-refractivity contribution in [2.45, 2.75) is 12.6 Å². The number of alkyl halides is 3. The van der Waals surface area contributed by atoms with E-state index in [1.807, 2.05) is 0 Å². The van der Waals surface area contributed by atoms with Crippen molar-refractivity contribution in [1.82, 2.24) is 10.1 Å². The zero-order valence-corrected chi connectivity index (χ0v) is 10.3. The van der Waals surface area contributed by atoms with Gasteiger partial charge in [0.2, 0.25) is 17.5 Å². The highest BCUT2D eigenvalue weighted by molar-refractivity contribution is 6.31. The minimum atomic E-state index is -4.96. The molecule has 0 aliphatic carbocycles. The molecule has 0 fully saturated rings. The van der Waals surface area contributed by atoms with E-state index in [0.717, 1.165) is 6.07 Å². The fourth-order valence-corrected chi connectivity index (χ4v) is 1.50. The molecule has 0 N–H and O–H groups in total. The molecule has 0 aliphatic rings. The second-order valence-electron chi connectivity index (χ2n) is 3.74. The third-order valence-electron chi connectivity index (χ3n) is 2.27. The second-order valence-corrected chi connectivity index (χ2v) is 4.15. The molecule has 20 heavy (non-hydrogen) atoms. The van der Waals surface area contributed by atoms with Crippen LogP contribution >= 0.6 is 11.6 Å². The van der Waals surface area contributed by atoms with Gasteiger partial charge < -0.3 is 4.52 Å². The lowest BCUT2D eigenvalue weighted by molar-refractivity contribution is -0.170. The first kappa shape index (κ1) is 14.4. The largest absolute Gasteiger partial charge is 0.450 e. The van der Waals surface area contributed by atoms with E-state index in [-0.39, 0.29) is 16.4 Å². The van der Waals surface area contributed by atoms with Gasteiger partial charge >= 0.3 is 6.18 Å². The molecule has 0 atom stereocenters. The first-order chi connectivity index (χ1) is 9.27. The molecular weight excluding hydrogens is 304 g/mol. The third kappa shape index (κ3) is 3.13. The first-order valence-corrected chi connectivity index (χ1v) is 5.53. The molecule has 0 saturated carbocycles. The van der Waals surface area contributed by atoms with E-state index in [0.29, 0.717) is 0 Å². The van der Waals surface area contributed by atoms with E-state index >= 15 is 0 Å². The lowest BCUT2D eigenvalue weighted by Crippen LogP contribution is -2.24. The number of carbonyl (C=O) groups is 1. The molecule has 0 spiro atoms. The van der Waals surface area contributed by atoms with Crippen LogP contribution in [0.4, 0.5) is 17.6 Å². The monoisotopic (exact) mass is 308 g/mol. The zero-order valence-electron chi connectivity index (χ0n) is 9.54. The van der Waals surface area contributed by atoms with Crippen LogP contribution in [0.25, 0.3) is 11.4 Å². The van der Waals surface area contributed by atoms with Crippen LogP contribution in [-0.2, 0) is 11.2 Å². The number of Topliss-reactive ketones (excluding diaryl/α,β-unsaturated/α-hetero) is 1. The van der Waals surface area contributed by atoms with Gasteiger partial charge in [0.05, 0.1) is 11.4 Å². The van der Waals surface area contributed by atoms with Gasteiger partial charge in [-0.1, -0.05) is 16.8 Å². The van der Waals surface area contributed by atoms with Crippen molar-refractivity contribution in [2.75, 3.05) is 0 Å². The van der Waals surface area contributed by atoms with E-state index in [9.17, 15) is 22.4 Å². The van der Waals surface area contributed by atoms with Crippen LogP contribution in [0.1, 0.15) is 5.89 Å². The number of hydrogen-bond acceptors (Lipinski definition) is 4. The van der Waals surface area contributed by atoms with Crippen LogP contribution < -0.4 is 0 Å². The van der Waals surface area contributed by atoms with Crippen molar-refractivity contribution in [3.8, 4) is 11.4 Å². The summed E-state index contributed by atoms with van der Waals surface area (Å²) >= 11 is 5.55. The maximum Gasteiger partial charge on any atom is 0.450 e. The van der Waals surface area contributed by atoms with E-state index in [1.165, 1.54) is 12.1 Å². The minimum Gasteiger partial charge on any atom is -0.338 e. The molecule has 106 valence electrons. The highest BCUT2D eigenvalue weighted by atomic mass is 35.5. The van der Waals surface area contributed by atoms with Gasteiger partial charge in [0, 0.05) is 5.56 Å². The summed E-state index contributed by atoms with van der Waals surface area (Å²) in [5.41, 5.74) is 0.255. The quantitative estimate of drug-likeness (QED) is 0.817. The molecular formula is C11H5ClF4N2O2. The van der Waals surface area contributed by atoms with Crippen LogP contribution in [0.5, 0.6) is 0 Å². The van der Waals surface area contributed by atoms with Gasteiger partial charge in [-0.15, -0.1) is 0 Å². The average molecular weight is 309 g/mol. The molecule has 1 aromatic carbocycles. The summed E-state index contributed by atoms with van der Waals surface area (Å²) in [5.74, 6) is -3.23. The summed E-state index contributed by atoms with van der Waals surface area (Å²) in [6, 6.07) is 3.52. The Hall–Kier alpha value is -1.96. The van der Waals surface area contributed by atoms with Gasteiger partial charge in [0.25, 0.3) is 0 Å². The standard InChI is InChI=1S/C11H5ClF4N2O2/c12-6-3-5(1-2-7(6)13)10-17-9(20-18-10)4-8(19)11(14,15)16/h1-3H,4H2. The number of aromatic nitrogens is 2. The number of halogens is 5. The van der Waals surface area contributed by atoms with Crippen LogP contribution in [0.2, 0.25) is 5.02 Å². The van der Waals surface area contributed by atoms with E-state index < -0.39 is 30.1 Å². The Kier molecular flexibility index (Phi) is 3.76. The van der Waals surface area contributed by atoms with Crippen LogP contribution in [-0.4, -0.2) is 22.1 Å². The first-order valence-electron chi connectivity index (χ1n) is 5.15. The molecule has 2 rings (SSSR count). The molecule has 0 unspecified atom stereocenters. The predicted octanol–water partition coefficient (Wildman–Crippen LogP) is 3.20. The Morgan fingerprint density at radius 1 is 1.35 bits per heavy atom. The number of ketones is 1. The fourth-order valence-electron chi connectivity index (χ4n) is 1.32. The normalized spacial score (nSPS) is 11.7. The van der Waals surface area contributed by atoms with Crippen LogP contribution in [0.15, 0.2) is 22.7 Å². The molecule has 0 aliphatic heterocycles. The Morgan fingerprint density at radius 2 is 2.05 bits per heavy atom. The number of carbonyl (C=O) groups excluding carboxylic acids is 1. The molecule has 0 amide bonds. The molecule has 1 heterocycles. The lowest BCUT2D eigenvalue weighted by atomic mass is 10.2. The molecule has 1 aromatic heterocycles. The lowest BCUT2D eigenvalue weighted by Gasteiger charge is -2.00. The van der Waals surface area contributed by atoms with Gasteiger partial charge in [-0.05, 0) is 18.2 Å². The van der Waals surface area contributed by atoms with Crippen LogP contribution in [0, 0.1) is 5.82 Å². The highest BCUT2D eigenvalue weighted by Gasteiger charge is 2.39. The molecule has 0 saturated heterocycles. The third-order valence-corrected chi connectivity index (χ3v) is 2.56. The number of benzene rings is 1. The van der Waals surface area contributed by atoms with Crippen molar-refractivity contribution in [3.63, 3.8) is 0 Å². The van der Waals surface area contributed by atoms with Crippen molar-refractivity contribution >= 4 is 17.4 Å². The van der Waals surface area contributed by atoms with Crippen molar-refractivity contribution < 1.29 is 26.9 Å². The number of rotatable bonds is 3. The molecule has 9 heteroatoms. The number of nitrogens with zero attached hydrogens (tertiary/aromatic N) is 2. The highest BCUT2D eigenvalue weighted by Crippen LogP contribution is 2.23. The summed E-state index contributed by atoms with van der Waals surface area (Å²) in [7, 11) is 0. The predicted molar refractivity (Wildman–Crippen MR) is 59.5 cm³/mol. The van der Waals surface area contributed by atoms with Crippen molar-refractivity contribution in [2.24, 2.45) is 0 Å². The minimum absolute atomic E-state index is 0.0862. The summed E-state index contributed by atoms with van der Waals surface area (Å²) in [6.07, 6.45) is -6.01. The molecule has 0 radical (unpaired) electrons. The topological polar surface area (TPSA) is 56.0 Å². The zero-order chi connectivity index (χ0) is 14.9. The van der Waals surface area contributed by atoms with Crippen LogP contribution in [0.3, 0.4) is 0 Å². The smallest absolute Gasteiger partial charge is 0.338 e. The van der Waals surface area contributed by atoms with Crippen molar-refractivity contribution in [3.05, 3.63) is 34.9 Å². The Labute approximate surface area is 114 Å². The number of hydrogen-bond donors (Lipinski definition) is 0. The summed E-state index contributed by atoms with van der Waals surface area (Å²) in [5, 5.41) is 3.21. The molecule has 2 aromatic rings. The van der Waals surface area contributed by atoms with Gasteiger partial charge in [-0.2, -0.15) is 18.2 Å². The van der Waals surface area contributed by atoms with E-state index in [4.69, 9.17) is 11.6 Å². The summed E-state index contributed by atoms with van der Waals surface area (Å²) in [6.45, 7) is 0. The average Bonchev–Trinajstić information content (AvgIpc) is 2.80.